The minimum atomic E-state index is -0.206. The van der Waals surface area contributed by atoms with Crippen LogP contribution in [0.5, 0.6) is 0 Å². The van der Waals surface area contributed by atoms with E-state index in [0.29, 0.717) is 26.2 Å². The standard InChI is InChI=1S/C10H14N3O3.Y/c1-8(15)13-4-9(5-13)11-2-3-12(7-14)10(16)6-11;/h9H,2-6H2,1H3;/q-1;. The van der Waals surface area contributed by atoms with Gasteiger partial charge in [-0.2, -0.15) is 0 Å². The number of rotatable bonds is 2. The van der Waals surface area contributed by atoms with E-state index in [2.05, 4.69) is 0 Å². The number of carbonyl (C=O) groups is 2. The van der Waals surface area contributed by atoms with Crippen LogP contribution in [0.2, 0.25) is 0 Å². The summed E-state index contributed by atoms with van der Waals surface area (Å²) in [6.45, 7) is 4.25. The van der Waals surface area contributed by atoms with Crippen LogP contribution in [0.25, 0.3) is 0 Å². The molecule has 3 amide bonds. The normalized spacial score (nSPS) is 21.8. The van der Waals surface area contributed by atoms with Crippen molar-refractivity contribution < 1.29 is 47.1 Å². The Morgan fingerprint density at radius 2 is 2.00 bits per heavy atom. The topological polar surface area (TPSA) is 60.9 Å². The van der Waals surface area contributed by atoms with Gasteiger partial charge in [-0.05, 0) is 0 Å². The van der Waals surface area contributed by atoms with Crippen LogP contribution in [0.4, 0.5) is 0 Å². The molecule has 0 unspecified atom stereocenters. The Bertz CT molecular complexity index is 331. The average Bonchev–Trinajstić information content (AvgIpc) is 2.15. The van der Waals surface area contributed by atoms with Gasteiger partial charge in [-0.3, -0.25) is 4.79 Å². The second-order valence-corrected chi connectivity index (χ2v) is 4.18. The van der Waals surface area contributed by atoms with Gasteiger partial charge in [-0.15, -0.1) is 0 Å². The molecule has 0 aliphatic carbocycles. The summed E-state index contributed by atoms with van der Waals surface area (Å²) < 4.78 is 0. The molecule has 0 saturated carbocycles. The first-order valence-electron chi connectivity index (χ1n) is 5.29. The van der Waals surface area contributed by atoms with E-state index >= 15 is 0 Å². The third-order valence-electron chi connectivity index (χ3n) is 3.18. The van der Waals surface area contributed by atoms with E-state index in [9.17, 15) is 14.4 Å². The monoisotopic (exact) mass is 313 g/mol. The number of nitrogens with zero attached hydrogens (tertiary/aromatic N) is 3. The maximum absolute atomic E-state index is 11.4. The molecular weight excluding hydrogens is 299 g/mol. The molecule has 2 fully saturated rings. The second kappa shape index (κ2) is 6.02. The van der Waals surface area contributed by atoms with Crippen molar-refractivity contribution in [2.24, 2.45) is 0 Å². The zero-order valence-electron chi connectivity index (χ0n) is 9.76. The van der Waals surface area contributed by atoms with E-state index in [1.165, 1.54) is 0 Å². The minimum absolute atomic E-state index is 0. The molecule has 1 radical (unpaired) electrons. The first-order chi connectivity index (χ1) is 7.61. The molecule has 2 aliphatic heterocycles. The van der Waals surface area contributed by atoms with E-state index in [1.807, 2.05) is 4.90 Å². The van der Waals surface area contributed by atoms with Crippen LogP contribution in [-0.4, -0.2) is 71.7 Å². The molecule has 2 heterocycles. The molecule has 0 aromatic rings. The largest absolute Gasteiger partial charge is 0.446 e. The van der Waals surface area contributed by atoms with Gasteiger partial charge in [0.05, 0.1) is 12.3 Å². The number of hydrogen-bond donors (Lipinski definition) is 0. The number of likely N-dealkylation sites (tertiary alicyclic amines) is 1. The van der Waals surface area contributed by atoms with Gasteiger partial charge in [-0.1, -0.05) is 0 Å². The third kappa shape index (κ3) is 3.11. The Kier molecular flexibility index (Phi) is 5.22. The van der Waals surface area contributed by atoms with Crippen LogP contribution >= 0.6 is 0 Å². The molecule has 2 aliphatic rings. The van der Waals surface area contributed by atoms with Gasteiger partial charge < -0.3 is 24.3 Å². The average molecular weight is 313 g/mol. The molecule has 2 saturated heterocycles. The Labute approximate surface area is 125 Å². The summed E-state index contributed by atoms with van der Waals surface area (Å²) in [5, 5.41) is 0. The molecule has 0 N–H and O–H groups in total. The van der Waals surface area contributed by atoms with Crippen molar-refractivity contribution >= 4 is 18.2 Å². The molecule has 0 spiro atoms. The van der Waals surface area contributed by atoms with Crippen LogP contribution in [0.3, 0.4) is 0 Å². The number of piperazine rings is 1. The molecule has 0 bridgehead atoms. The van der Waals surface area contributed by atoms with Crippen molar-refractivity contribution in [1.29, 1.82) is 0 Å². The molecule has 2 rings (SSSR count). The summed E-state index contributed by atoms with van der Waals surface area (Å²) >= 11 is 0. The van der Waals surface area contributed by atoms with Crippen molar-refractivity contribution in [1.82, 2.24) is 14.7 Å². The smallest absolute Gasteiger partial charge is 0.219 e. The second-order valence-electron chi connectivity index (χ2n) is 4.18. The first-order valence-corrected chi connectivity index (χ1v) is 5.29. The van der Waals surface area contributed by atoms with Gasteiger partial charge in [0.1, 0.15) is 0 Å². The zero-order valence-corrected chi connectivity index (χ0v) is 12.6. The van der Waals surface area contributed by atoms with Gasteiger partial charge in [0.15, 0.2) is 0 Å². The maximum atomic E-state index is 11.4. The van der Waals surface area contributed by atoms with Crippen molar-refractivity contribution in [3.63, 3.8) is 0 Å². The van der Waals surface area contributed by atoms with Crippen LogP contribution in [0, 0.1) is 0 Å². The molecule has 17 heavy (non-hydrogen) atoms. The fraction of sp³-hybridized carbons (Fsp3) is 0.700. The van der Waals surface area contributed by atoms with Gasteiger partial charge in [-0.25, -0.2) is 0 Å². The molecular formula is C10H14N3O3Y-. The fourth-order valence-electron chi connectivity index (χ4n) is 2.04. The van der Waals surface area contributed by atoms with Crippen LogP contribution in [-0.2, 0) is 47.1 Å². The van der Waals surface area contributed by atoms with Crippen LogP contribution in [0.15, 0.2) is 0 Å². The van der Waals surface area contributed by atoms with Crippen molar-refractivity contribution in [2.45, 2.75) is 13.0 Å². The number of carbonyl (C=O) groups excluding carboxylic acids is 3. The molecule has 6 nitrogen and oxygen atoms in total. The summed E-state index contributed by atoms with van der Waals surface area (Å²) in [6, 6.07) is 0.265. The zero-order chi connectivity index (χ0) is 11.7. The fourth-order valence-corrected chi connectivity index (χ4v) is 2.04. The van der Waals surface area contributed by atoms with Gasteiger partial charge in [0, 0.05) is 78.4 Å². The summed E-state index contributed by atoms with van der Waals surface area (Å²) in [6.07, 6.45) is 1.62. The number of hydrogen-bond acceptors (Lipinski definition) is 4. The van der Waals surface area contributed by atoms with Crippen molar-refractivity contribution in [3.05, 3.63) is 0 Å². The summed E-state index contributed by atoms with van der Waals surface area (Å²) in [4.78, 5) is 37.7. The van der Waals surface area contributed by atoms with Crippen molar-refractivity contribution in [2.75, 3.05) is 32.7 Å². The Hall–Kier alpha value is -0.326. The van der Waals surface area contributed by atoms with E-state index in [-0.39, 0.29) is 57.1 Å². The van der Waals surface area contributed by atoms with E-state index in [0.717, 1.165) is 4.90 Å². The van der Waals surface area contributed by atoms with Gasteiger partial charge >= 0.3 is 0 Å². The minimum Gasteiger partial charge on any atom is -0.446 e. The third-order valence-corrected chi connectivity index (χ3v) is 3.18. The summed E-state index contributed by atoms with van der Waals surface area (Å²) in [5.74, 6) is -0.134. The number of amides is 3. The summed E-state index contributed by atoms with van der Waals surface area (Å²) in [7, 11) is 0. The van der Waals surface area contributed by atoms with E-state index in [1.54, 1.807) is 18.2 Å². The Balaban J connectivity index is 0.00000144. The molecule has 91 valence electrons. The molecule has 0 aromatic carbocycles. The Morgan fingerprint density at radius 1 is 1.35 bits per heavy atom. The van der Waals surface area contributed by atoms with Crippen LogP contribution in [0.1, 0.15) is 6.92 Å². The predicted molar refractivity (Wildman–Crippen MR) is 55.0 cm³/mol. The molecule has 0 aromatic heterocycles. The number of imide groups is 1. The summed E-state index contributed by atoms with van der Waals surface area (Å²) in [5.41, 5.74) is 0. The van der Waals surface area contributed by atoms with Crippen molar-refractivity contribution in [3.8, 4) is 0 Å². The first kappa shape index (κ1) is 14.7. The SMILES string of the molecule is CC(=O)N1CC(N2CCN([C-]=O)C(=O)C2)C1.[Y]. The molecule has 0 atom stereocenters. The van der Waals surface area contributed by atoms with E-state index < -0.39 is 0 Å². The molecule has 7 heteroatoms. The van der Waals surface area contributed by atoms with Gasteiger partial charge in [0.2, 0.25) is 5.91 Å². The predicted octanol–water partition coefficient (Wildman–Crippen LogP) is -1.57. The quantitative estimate of drug-likeness (QED) is 0.578. The van der Waals surface area contributed by atoms with Crippen LogP contribution < -0.4 is 0 Å². The van der Waals surface area contributed by atoms with E-state index in [4.69, 9.17) is 0 Å². The Morgan fingerprint density at radius 3 is 2.47 bits per heavy atom. The maximum Gasteiger partial charge on any atom is 0.219 e. The van der Waals surface area contributed by atoms with Gasteiger partial charge in [0.25, 0.3) is 0 Å².